The van der Waals surface area contributed by atoms with Crippen LogP contribution in [0.25, 0.3) is 0 Å². The normalized spacial score (nSPS) is 24.6. The highest BCUT2D eigenvalue weighted by Gasteiger charge is 2.28. The molecule has 0 amide bonds. The van der Waals surface area contributed by atoms with E-state index >= 15 is 0 Å². The number of aromatic nitrogens is 2. The Morgan fingerprint density at radius 1 is 1.25 bits per heavy atom. The molecule has 1 heterocycles. The molecule has 1 aromatic heterocycles. The quantitative estimate of drug-likeness (QED) is 0.844. The summed E-state index contributed by atoms with van der Waals surface area (Å²) in [6.45, 7) is 11.1. The van der Waals surface area contributed by atoms with Gasteiger partial charge in [-0.2, -0.15) is 5.10 Å². The molecule has 0 bridgehead atoms. The van der Waals surface area contributed by atoms with Crippen LogP contribution in [0.3, 0.4) is 0 Å². The van der Waals surface area contributed by atoms with E-state index in [-0.39, 0.29) is 5.54 Å². The fourth-order valence-electron chi connectivity index (χ4n) is 3.38. The lowest BCUT2D eigenvalue weighted by atomic mass is 9.84. The maximum absolute atomic E-state index is 4.48. The van der Waals surface area contributed by atoms with Gasteiger partial charge < -0.3 is 5.32 Å². The average molecular weight is 277 g/mol. The molecule has 114 valence electrons. The lowest BCUT2D eigenvalue weighted by Gasteiger charge is -2.30. The van der Waals surface area contributed by atoms with Crippen LogP contribution >= 0.6 is 0 Å². The van der Waals surface area contributed by atoms with Gasteiger partial charge in [0.05, 0.1) is 0 Å². The van der Waals surface area contributed by atoms with E-state index in [2.05, 4.69) is 48.9 Å². The molecule has 2 rings (SSSR count). The summed E-state index contributed by atoms with van der Waals surface area (Å²) in [6, 6.07) is 2.24. The summed E-state index contributed by atoms with van der Waals surface area (Å²) >= 11 is 0. The molecule has 0 spiro atoms. The number of hydrogen-bond acceptors (Lipinski definition) is 2. The predicted molar refractivity (Wildman–Crippen MR) is 85.0 cm³/mol. The summed E-state index contributed by atoms with van der Waals surface area (Å²) in [4.78, 5) is 0. The van der Waals surface area contributed by atoms with Crippen molar-refractivity contribution in [3.05, 3.63) is 18.0 Å². The maximum atomic E-state index is 4.48. The van der Waals surface area contributed by atoms with Crippen LogP contribution in [-0.4, -0.2) is 21.9 Å². The minimum absolute atomic E-state index is 0.210. The highest BCUT2D eigenvalue weighted by atomic mass is 15.3. The van der Waals surface area contributed by atoms with Crippen LogP contribution in [0.2, 0.25) is 0 Å². The molecule has 1 saturated carbocycles. The van der Waals surface area contributed by atoms with E-state index in [0.717, 1.165) is 19.0 Å². The Morgan fingerprint density at radius 2 is 2.00 bits per heavy atom. The van der Waals surface area contributed by atoms with Gasteiger partial charge in [-0.3, -0.25) is 4.68 Å². The third kappa shape index (κ3) is 4.08. The summed E-state index contributed by atoms with van der Waals surface area (Å²) in [6.07, 6.45) is 8.78. The van der Waals surface area contributed by atoms with Gasteiger partial charge in [-0.05, 0) is 59.1 Å². The third-order valence-electron chi connectivity index (χ3n) is 4.48. The minimum Gasteiger partial charge on any atom is -0.312 e. The van der Waals surface area contributed by atoms with Crippen molar-refractivity contribution in [2.24, 2.45) is 5.92 Å². The predicted octanol–water partition coefficient (Wildman–Crippen LogP) is 3.96. The van der Waals surface area contributed by atoms with Crippen molar-refractivity contribution in [2.45, 2.75) is 77.8 Å². The van der Waals surface area contributed by atoms with Crippen molar-refractivity contribution in [2.75, 3.05) is 6.54 Å². The second kappa shape index (κ2) is 6.75. The molecule has 2 unspecified atom stereocenters. The Morgan fingerprint density at radius 3 is 2.70 bits per heavy atom. The summed E-state index contributed by atoms with van der Waals surface area (Å²) in [5, 5.41) is 8.20. The first-order valence-corrected chi connectivity index (χ1v) is 8.28. The molecule has 0 radical (unpaired) electrons. The van der Waals surface area contributed by atoms with E-state index in [1.165, 1.54) is 37.8 Å². The Hall–Kier alpha value is -0.830. The molecule has 1 aromatic rings. The van der Waals surface area contributed by atoms with Crippen LogP contribution < -0.4 is 5.32 Å². The molecule has 1 aliphatic carbocycles. The van der Waals surface area contributed by atoms with Gasteiger partial charge in [0.1, 0.15) is 0 Å². The summed E-state index contributed by atoms with van der Waals surface area (Å²) in [5.74, 6) is 1.42. The van der Waals surface area contributed by atoms with E-state index in [0.29, 0.717) is 5.92 Å². The van der Waals surface area contributed by atoms with Crippen LogP contribution in [0.15, 0.2) is 12.3 Å². The van der Waals surface area contributed by atoms with Crippen LogP contribution in [-0.2, 0) is 6.54 Å². The minimum atomic E-state index is 0.210. The molecule has 1 N–H and O–H groups in total. The number of hydrogen-bond donors (Lipinski definition) is 1. The first-order valence-electron chi connectivity index (χ1n) is 8.28. The molecule has 2 atom stereocenters. The molecular weight excluding hydrogens is 246 g/mol. The molecule has 0 aromatic carbocycles. The van der Waals surface area contributed by atoms with Crippen molar-refractivity contribution < 1.29 is 0 Å². The van der Waals surface area contributed by atoms with Crippen molar-refractivity contribution in [1.82, 2.24) is 15.1 Å². The molecule has 1 aliphatic rings. The van der Waals surface area contributed by atoms with Gasteiger partial charge in [-0.15, -0.1) is 0 Å². The Bertz CT molecular complexity index is 403. The van der Waals surface area contributed by atoms with Gasteiger partial charge in [0.15, 0.2) is 0 Å². The van der Waals surface area contributed by atoms with Gasteiger partial charge in [-0.1, -0.05) is 19.3 Å². The van der Waals surface area contributed by atoms with E-state index in [1.807, 2.05) is 6.20 Å². The molecule has 3 heteroatoms. The monoisotopic (exact) mass is 277 g/mol. The van der Waals surface area contributed by atoms with Crippen LogP contribution in [0.1, 0.15) is 71.4 Å². The number of nitrogens with zero attached hydrogens (tertiary/aromatic N) is 2. The largest absolute Gasteiger partial charge is 0.312 e. The van der Waals surface area contributed by atoms with E-state index in [9.17, 15) is 0 Å². The molecule has 1 fully saturated rings. The van der Waals surface area contributed by atoms with Crippen LogP contribution in [0, 0.1) is 5.92 Å². The summed E-state index contributed by atoms with van der Waals surface area (Å²) < 4.78 is 2.19. The van der Waals surface area contributed by atoms with E-state index in [1.54, 1.807) is 0 Å². The average Bonchev–Trinajstić information content (AvgIpc) is 2.73. The van der Waals surface area contributed by atoms with Crippen molar-refractivity contribution in [1.29, 1.82) is 0 Å². The first-order chi connectivity index (χ1) is 9.51. The lowest BCUT2D eigenvalue weighted by molar-refractivity contribution is 0.313. The fourth-order valence-corrected chi connectivity index (χ4v) is 3.38. The summed E-state index contributed by atoms with van der Waals surface area (Å²) in [5.41, 5.74) is 1.66. The van der Waals surface area contributed by atoms with Crippen LogP contribution in [0.5, 0.6) is 0 Å². The smallest absolute Gasteiger partial charge is 0.0492 e. The second-order valence-corrected chi connectivity index (χ2v) is 7.21. The molecule has 0 saturated heterocycles. The Labute approximate surface area is 124 Å². The van der Waals surface area contributed by atoms with Gasteiger partial charge in [0, 0.05) is 29.9 Å². The van der Waals surface area contributed by atoms with Crippen LogP contribution in [0.4, 0.5) is 0 Å². The van der Waals surface area contributed by atoms with Crippen molar-refractivity contribution in [3.63, 3.8) is 0 Å². The number of aryl methyl sites for hydroxylation is 1. The number of rotatable bonds is 4. The Kier molecular flexibility index (Phi) is 5.25. The van der Waals surface area contributed by atoms with E-state index < -0.39 is 0 Å². The molecule has 3 nitrogen and oxygen atoms in total. The highest BCUT2D eigenvalue weighted by Crippen LogP contribution is 2.36. The van der Waals surface area contributed by atoms with Crippen molar-refractivity contribution in [3.8, 4) is 0 Å². The zero-order valence-electron chi connectivity index (χ0n) is 13.7. The zero-order valence-corrected chi connectivity index (χ0v) is 13.7. The topological polar surface area (TPSA) is 29.9 Å². The number of nitrogens with one attached hydrogen (secondary N) is 1. The third-order valence-corrected chi connectivity index (χ3v) is 4.48. The fraction of sp³-hybridized carbons (Fsp3) is 0.824. The standard InChI is InChI=1S/C17H31N3/c1-5-20-16(11-12-19-20)15-10-8-6-7-9-14(15)13-18-17(2,3)4/h11-12,14-15,18H,5-10,13H2,1-4H3. The van der Waals surface area contributed by atoms with Gasteiger partial charge in [-0.25, -0.2) is 0 Å². The van der Waals surface area contributed by atoms with Gasteiger partial charge in [0.25, 0.3) is 0 Å². The Balaban J connectivity index is 2.13. The molecule has 20 heavy (non-hydrogen) atoms. The lowest BCUT2D eigenvalue weighted by Crippen LogP contribution is -2.40. The van der Waals surface area contributed by atoms with Gasteiger partial charge in [0.2, 0.25) is 0 Å². The second-order valence-electron chi connectivity index (χ2n) is 7.21. The highest BCUT2D eigenvalue weighted by molar-refractivity contribution is 5.10. The first kappa shape index (κ1) is 15.6. The maximum Gasteiger partial charge on any atom is 0.0492 e. The molecule has 0 aliphatic heterocycles. The van der Waals surface area contributed by atoms with Gasteiger partial charge >= 0.3 is 0 Å². The zero-order chi connectivity index (χ0) is 14.6. The van der Waals surface area contributed by atoms with Crippen molar-refractivity contribution >= 4 is 0 Å². The summed E-state index contributed by atoms with van der Waals surface area (Å²) in [7, 11) is 0. The van der Waals surface area contributed by atoms with E-state index in [4.69, 9.17) is 0 Å². The molecular formula is C17H31N3. The SMILES string of the molecule is CCn1nccc1C1CCCCCC1CNC(C)(C)C.